The molecule has 1 atom stereocenters. The molecule has 4 nitrogen and oxygen atoms in total. The fraction of sp³-hybridized carbons (Fsp3) is 0.462. The number of benzene rings is 2. The SMILES string of the molecule is CC[C@H](C(=O)NC1CCCC1)N(Cc1cccc(C)c1)C(=O)CSc1ccc(C)cc1. The highest BCUT2D eigenvalue weighted by Crippen LogP contribution is 2.22. The van der Waals surface area contributed by atoms with Crippen LogP contribution in [0.5, 0.6) is 0 Å². The van der Waals surface area contributed by atoms with Crippen molar-refractivity contribution < 1.29 is 9.59 Å². The molecular weight excluding hydrogens is 404 g/mol. The summed E-state index contributed by atoms with van der Waals surface area (Å²) < 4.78 is 0. The molecule has 1 aliphatic rings. The summed E-state index contributed by atoms with van der Waals surface area (Å²) in [4.78, 5) is 29.3. The maximum atomic E-state index is 13.3. The topological polar surface area (TPSA) is 49.4 Å². The number of amides is 2. The number of rotatable bonds is 9. The molecule has 0 bridgehead atoms. The van der Waals surface area contributed by atoms with E-state index in [1.54, 1.807) is 4.90 Å². The monoisotopic (exact) mass is 438 g/mol. The standard InChI is InChI=1S/C26H34N2O2S/c1-4-24(26(30)27-22-10-5-6-11-22)28(17-21-9-7-8-20(3)16-21)25(29)18-31-23-14-12-19(2)13-15-23/h7-9,12-16,22,24H,4-6,10-11,17-18H2,1-3H3,(H,27,30)/t24-/m1/s1. The van der Waals surface area contributed by atoms with Gasteiger partial charge in [-0.2, -0.15) is 0 Å². The molecule has 1 saturated carbocycles. The summed E-state index contributed by atoms with van der Waals surface area (Å²) in [5, 5.41) is 3.20. The van der Waals surface area contributed by atoms with Gasteiger partial charge < -0.3 is 10.2 Å². The van der Waals surface area contributed by atoms with Crippen molar-refractivity contribution in [3.05, 3.63) is 65.2 Å². The number of nitrogens with zero attached hydrogens (tertiary/aromatic N) is 1. The van der Waals surface area contributed by atoms with Crippen LogP contribution in [-0.2, 0) is 16.1 Å². The van der Waals surface area contributed by atoms with Gasteiger partial charge in [0.05, 0.1) is 5.75 Å². The third-order valence-corrected chi connectivity index (χ3v) is 6.90. The zero-order chi connectivity index (χ0) is 22.2. The number of aryl methyl sites for hydroxylation is 2. The minimum atomic E-state index is -0.452. The summed E-state index contributed by atoms with van der Waals surface area (Å²) in [5.41, 5.74) is 3.41. The third-order valence-electron chi connectivity index (χ3n) is 5.91. The number of hydrogen-bond donors (Lipinski definition) is 1. The first kappa shape index (κ1) is 23.4. The molecule has 0 radical (unpaired) electrons. The zero-order valence-corrected chi connectivity index (χ0v) is 19.7. The fourth-order valence-electron chi connectivity index (χ4n) is 4.16. The van der Waals surface area contributed by atoms with E-state index in [0.29, 0.717) is 18.7 Å². The average Bonchev–Trinajstić information content (AvgIpc) is 3.26. The van der Waals surface area contributed by atoms with Crippen LogP contribution >= 0.6 is 11.8 Å². The van der Waals surface area contributed by atoms with Crippen LogP contribution in [0.25, 0.3) is 0 Å². The number of carbonyl (C=O) groups excluding carboxylic acids is 2. The number of carbonyl (C=O) groups is 2. The Morgan fingerprint density at radius 3 is 2.42 bits per heavy atom. The second-order valence-electron chi connectivity index (χ2n) is 8.53. The van der Waals surface area contributed by atoms with Crippen LogP contribution in [0.4, 0.5) is 0 Å². The van der Waals surface area contributed by atoms with Crippen molar-refractivity contribution >= 4 is 23.6 Å². The van der Waals surface area contributed by atoms with Gasteiger partial charge in [0.1, 0.15) is 6.04 Å². The zero-order valence-electron chi connectivity index (χ0n) is 18.9. The van der Waals surface area contributed by atoms with E-state index >= 15 is 0 Å². The molecule has 0 spiro atoms. The summed E-state index contributed by atoms with van der Waals surface area (Å²) in [6.07, 6.45) is 5.02. The van der Waals surface area contributed by atoms with Crippen molar-refractivity contribution in [2.45, 2.75) is 76.4 Å². The molecule has 0 saturated heterocycles. The number of nitrogens with one attached hydrogen (secondary N) is 1. The van der Waals surface area contributed by atoms with Crippen molar-refractivity contribution in [3.8, 4) is 0 Å². The molecule has 0 heterocycles. The highest BCUT2D eigenvalue weighted by Gasteiger charge is 2.30. The van der Waals surface area contributed by atoms with E-state index in [9.17, 15) is 9.59 Å². The van der Waals surface area contributed by atoms with Gasteiger partial charge in [0.2, 0.25) is 11.8 Å². The minimum Gasteiger partial charge on any atom is -0.352 e. The van der Waals surface area contributed by atoms with Crippen molar-refractivity contribution in [3.63, 3.8) is 0 Å². The first-order valence-electron chi connectivity index (χ1n) is 11.3. The van der Waals surface area contributed by atoms with Gasteiger partial charge in [-0.25, -0.2) is 0 Å². The van der Waals surface area contributed by atoms with Crippen LogP contribution in [0.2, 0.25) is 0 Å². The highest BCUT2D eigenvalue weighted by molar-refractivity contribution is 8.00. The third kappa shape index (κ3) is 6.86. The molecule has 0 aliphatic heterocycles. The Morgan fingerprint density at radius 2 is 1.77 bits per heavy atom. The van der Waals surface area contributed by atoms with Gasteiger partial charge in [0.25, 0.3) is 0 Å². The predicted molar refractivity (Wildman–Crippen MR) is 128 cm³/mol. The molecule has 3 rings (SSSR count). The van der Waals surface area contributed by atoms with E-state index in [4.69, 9.17) is 0 Å². The lowest BCUT2D eigenvalue weighted by molar-refractivity contribution is -0.139. The molecule has 1 fully saturated rings. The number of hydrogen-bond acceptors (Lipinski definition) is 3. The summed E-state index contributed by atoms with van der Waals surface area (Å²) >= 11 is 1.53. The average molecular weight is 439 g/mol. The smallest absolute Gasteiger partial charge is 0.243 e. The Bertz CT molecular complexity index is 875. The van der Waals surface area contributed by atoms with Crippen LogP contribution in [0.1, 0.15) is 55.7 Å². The Kier molecular flexibility index (Phi) is 8.59. The van der Waals surface area contributed by atoms with E-state index < -0.39 is 6.04 Å². The summed E-state index contributed by atoms with van der Waals surface area (Å²) in [6.45, 7) is 6.54. The van der Waals surface area contributed by atoms with Crippen LogP contribution < -0.4 is 5.32 Å². The molecule has 166 valence electrons. The van der Waals surface area contributed by atoms with Crippen molar-refractivity contribution in [2.24, 2.45) is 0 Å². The summed E-state index contributed by atoms with van der Waals surface area (Å²) in [5.74, 6) is 0.304. The van der Waals surface area contributed by atoms with E-state index in [-0.39, 0.29) is 17.9 Å². The van der Waals surface area contributed by atoms with Gasteiger partial charge in [0.15, 0.2) is 0 Å². The van der Waals surface area contributed by atoms with Gasteiger partial charge in [-0.15, -0.1) is 11.8 Å². The Morgan fingerprint density at radius 1 is 1.06 bits per heavy atom. The second kappa shape index (κ2) is 11.4. The lowest BCUT2D eigenvalue weighted by Gasteiger charge is -2.31. The first-order chi connectivity index (χ1) is 15.0. The lowest BCUT2D eigenvalue weighted by atomic mass is 10.1. The Labute approximate surface area is 190 Å². The van der Waals surface area contributed by atoms with E-state index in [1.807, 2.05) is 44.2 Å². The van der Waals surface area contributed by atoms with E-state index in [1.165, 1.54) is 30.2 Å². The molecule has 0 aromatic heterocycles. The molecule has 31 heavy (non-hydrogen) atoms. The molecule has 2 amide bonds. The fourth-order valence-corrected chi connectivity index (χ4v) is 4.94. The molecule has 0 unspecified atom stereocenters. The van der Waals surface area contributed by atoms with Crippen LogP contribution in [0, 0.1) is 13.8 Å². The quantitative estimate of drug-likeness (QED) is 0.543. The van der Waals surface area contributed by atoms with Crippen LogP contribution in [-0.4, -0.2) is 34.6 Å². The predicted octanol–water partition coefficient (Wildman–Crippen LogP) is 5.26. The molecule has 5 heteroatoms. The largest absolute Gasteiger partial charge is 0.352 e. The van der Waals surface area contributed by atoms with E-state index in [0.717, 1.165) is 28.9 Å². The van der Waals surface area contributed by atoms with Gasteiger partial charge in [0, 0.05) is 17.5 Å². The normalized spacial score (nSPS) is 14.9. The maximum Gasteiger partial charge on any atom is 0.243 e. The second-order valence-corrected chi connectivity index (χ2v) is 9.58. The molecular formula is C26H34N2O2S. The van der Waals surface area contributed by atoms with Gasteiger partial charge in [-0.05, 0) is 50.8 Å². The summed E-state index contributed by atoms with van der Waals surface area (Å²) in [6, 6.07) is 16.2. The molecule has 2 aromatic carbocycles. The molecule has 1 aliphatic carbocycles. The van der Waals surface area contributed by atoms with Crippen molar-refractivity contribution in [2.75, 3.05) is 5.75 Å². The Balaban J connectivity index is 1.75. The minimum absolute atomic E-state index is 0.000466. The van der Waals surface area contributed by atoms with Crippen molar-refractivity contribution in [1.82, 2.24) is 10.2 Å². The number of thioether (sulfide) groups is 1. The van der Waals surface area contributed by atoms with E-state index in [2.05, 4.69) is 30.4 Å². The first-order valence-corrected chi connectivity index (χ1v) is 12.3. The maximum absolute atomic E-state index is 13.3. The van der Waals surface area contributed by atoms with Crippen molar-refractivity contribution in [1.29, 1.82) is 0 Å². The summed E-state index contributed by atoms with van der Waals surface area (Å²) in [7, 11) is 0. The molecule has 2 aromatic rings. The van der Waals surface area contributed by atoms with Crippen LogP contribution in [0.3, 0.4) is 0 Å². The highest BCUT2D eigenvalue weighted by atomic mass is 32.2. The molecule has 1 N–H and O–H groups in total. The van der Waals surface area contributed by atoms with Gasteiger partial charge in [-0.1, -0.05) is 67.3 Å². The van der Waals surface area contributed by atoms with Gasteiger partial charge >= 0.3 is 0 Å². The Hall–Kier alpha value is -2.27. The van der Waals surface area contributed by atoms with Crippen LogP contribution in [0.15, 0.2) is 53.4 Å². The van der Waals surface area contributed by atoms with Gasteiger partial charge in [-0.3, -0.25) is 9.59 Å². The lowest BCUT2D eigenvalue weighted by Crippen LogP contribution is -2.51.